The second-order valence-electron chi connectivity index (χ2n) is 4.47. The van der Waals surface area contributed by atoms with Gasteiger partial charge in [0.25, 0.3) is 0 Å². The molecule has 0 heterocycles. The SMILES string of the molecule is Cc1cc(F)cc(NC(C#N)c2cc(O)cc(F)c2)c1. The molecular weight excluding hydrogens is 262 g/mol. The van der Waals surface area contributed by atoms with Crippen LogP contribution in [0, 0.1) is 29.9 Å². The van der Waals surface area contributed by atoms with Crippen molar-refractivity contribution >= 4 is 5.69 Å². The van der Waals surface area contributed by atoms with Gasteiger partial charge in [0, 0.05) is 11.8 Å². The fourth-order valence-electron chi connectivity index (χ4n) is 1.94. The van der Waals surface area contributed by atoms with Crippen molar-refractivity contribution in [1.29, 1.82) is 5.26 Å². The lowest BCUT2D eigenvalue weighted by Crippen LogP contribution is -2.09. The molecule has 0 bridgehead atoms. The van der Waals surface area contributed by atoms with Crippen LogP contribution in [0.15, 0.2) is 36.4 Å². The fraction of sp³-hybridized carbons (Fsp3) is 0.133. The number of rotatable bonds is 3. The Morgan fingerprint density at radius 2 is 1.80 bits per heavy atom. The number of hydrogen-bond donors (Lipinski definition) is 2. The van der Waals surface area contributed by atoms with Crippen LogP contribution in [0.4, 0.5) is 14.5 Å². The maximum atomic E-state index is 13.3. The van der Waals surface area contributed by atoms with Crippen LogP contribution in [0.5, 0.6) is 5.75 Å². The summed E-state index contributed by atoms with van der Waals surface area (Å²) in [6.45, 7) is 1.73. The third kappa shape index (κ3) is 3.23. The lowest BCUT2D eigenvalue weighted by molar-refractivity contribution is 0.468. The minimum Gasteiger partial charge on any atom is -0.508 e. The molecule has 1 unspecified atom stereocenters. The topological polar surface area (TPSA) is 56.0 Å². The summed E-state index contributed by atoms with van der Waals surface area (Å²) in [5, 5.41) is 21.3. The minimum absolute atomic E-state index is 0.266. The van der Waals surface area contributed by atoms with Crippen molar-refractivity contribution in [3.05, 3.63) is 59.2 Å². The van der Waals surface area contributed by atoms with Crippen LogP contribution in [-0.4, -0.2) is 5.11 Å². The number of anilines is 1. The van der Waals surface area contributed by atoms with E-state index in [9.17, 15) is 13.9 Å². The van der Waals surface area contributed by atoms with E-state index >= 15 is 0 Å². The molecule has 3 nitrogen and oxygen atoms in total. The van der Waals surface area contributed by atoms with Crippen molar-refractivity contribution in [3.63, 3.8) is 0 Å². The molecule has 20 heavy (non-hydrogen) atoms. The lowest BCUT2D eigenvalue weighted by Gasteiger charge is -2.14. The van der Waals surface area contributed by atoms with Gasteiger partial charge in [-0.1, -0.05) is 0 Å². The highest BCUT2D eigenvalue weighted by molar-refractivity contribution is 5.50. The molecule has 0 amide bonds. The molecule has 2 rings (SSSR count). The smallest absolute Gasteiger partial charge is 0.140 e. The molecule has 0 fully saturated rings. The highest BCUT2D eigenvalue weighted by atomic mass is 19.1. The molecule has 0 aliphatic carbocycles. The number of aryl methyl sites for hydroxylation is 1. The molecule has 0 spiro atoms. The average molecular weight is 274 g/mol. The molecule has 0 saturated heterocycles. The van der Waals surface area contributed by atoms with Crippen LogP contribution in [0.3, 0.4) is 0 Å². The average Bonchev–Trinajstić information content (AvgIpc) is 2.33. The number of benzene rings is 2. The third-order valence-corrected chi connectivity index (χ3v) is 2.72. The second-order valence-corrected chi connectivity index (χ2v) is 4.47. The largest absolute Gasteiger partial charge is 0.508 e. The first-order valence-electron chi connectivity index (χ1n) is 5.91. The van der Waals surface area contributed by atoms with Crippen LogP contribution in [0.25, 0.3) is 0 Å². The molecule has 2 aromatic carbocycles. The first kappa shape index (κ1) is 13.8. The van der Waals surface area contributed by atoms with E-state index in [-0.39, 0.29) is 11.3 Å². The van der Waals surface area contributed by atoms with Gasteiger partial charge in [-0.2, -0.15) is 5.26 Å². The summed E-state index contributed by atoms with van der Waals surface area (Å²) >= 11 is 0. The number of nitrogens with one attached hydrogen (secondary N) is 1. The zero-order valence-corrected chi connectivity index (χ0v) is 10.7. The van der Waals surface area contributed by atoms with Gasteiger partial charge in [0.2, 0.25) is 0 Å². The van der Waals surface area contributed by atoms with Gasteiger partial charge < -0.3 is 10.4 Å². The number of nitriles is 1. The molecule has 102 valence electrons. The fourth-order valence-corrected chi connectivity index (χ4v) is 1.94. The first-order chi connectivity index (χ1) is 9.47. The quantitative estimate of drug-likeness (QED) is 0.898. The number of nitrogens with zero attached hydrogens (tertiary/aromatic N) is 1. The van der Waals surface area contributed by atoms with E-state index < -0.39 is 17.7 Å². The van der Waals surface area contributed by atoms with Crippen LogP contribution in [0.1, 0.15) is 17.2 Å². The second kappa shape index (κ2) is 5.57. The van der Waals surface area contributed by atoms with Gasteiger partial charge >= 0.3 is 0 Å². The molecule has 2 aromatic rings. The monoisotopic (exact) mass is 274 g/mol. The van der Waals surface area contributed by atoms with Crippen molar-refractivity contribution < 1.29 is 13.9 Å². The summed E-state index contributed by atoms with van der Waals surface area (Å²) in [4.78, 5) is 0. The molecule has 0 aromatic heterocycles. The number of hydrogen-bond acceptors (Lipinski definition) is 3. The number of aromatic hydroxyl groups is 1. The van der Waals surface area contributed by atoms with Crippen LogP contribution >= 0.6 is 0 Å². The summed E-state index contributed by atoms with van der Waals surface area (Å²) in [6.07, 6.45) is 0. The summed E-state index contributed by atoms with van der Waals surface area (Å²) in [5.74, 6) is -1.33. The summed E-state index contributed by atoms with van der Waals surface area (Å²) in [5.41, 5.74) is 1.39. The van der Waals surface area contributed by atoms with Crippen molar-refractivity contribution in [2.45, 2.75) is 13.0 Å². The number of phenols is 1. The van der Waals surface area contributed by atoms with Gasteiger partial charge in [-0.15, -0.1) is 0 Å². The Bertz CT molecular complexity index is 640. The van der Waals surface area contributed by atoms with E-state index in [2.05, 4.69) is 5.32 Å². The molecule has 5 heteroatoms. The summed E-state index contributed by atoms with van der Waals surface area (Å²) in [6, 6.07) is 8.72. The predicted molar refractivity (Wildman–Crippen MR) is 71.2 cm³/mol. The molecule has 2 N–H and O–H groups in total. The van der Waals surface area contributed by atoms with Gasteiger partial charge in [-0.05, 0) is 48.4 Å². The Kier molecular flexibility index (Phi) is 3.85. The van der Waals surface area contributed by atoms with Crippen LogP contribution in [-0.2, 0) is 0 Å². The van der Waals surface area contributed by atoms with E-state index in [4.69, 9.17) is 5.26 Å². The molecule has 0 saturated carbocycles. The maximum absolute atomic E-state index is 13.3. The van der Waals surface area contributed by atoms with E-state index in [1.54, 1.807) is 13.0 Å². The lowest BCUT2D eigenvalue weighted by atomic mass is 10.1. The standard InChI is InChI=1S/C15H12F2N2O/c1-9-2-11(16)6-13(3-9)19-15(8-18)10-4-12(17)7-14(20)5-10/h2-7,15,19-20H,1H3. The molecule has 0 radical (unpaired) electrons. The first-order valence-corrected chi connectivity index (χ1v) is 5.91. The molecular formula is C15H12F2N2O. The summed E-state index contributed by atoms with van der Waals surface area (Å²) < 4.78 is 26.5. The third-order valence-electron chi connectivity index (χ3n) is 2.72. The highest BCUT2D eigenvalue weighted by Gasteiger charge is 2.13. The van der Waals surface area contributed by atoms with Crippen LogP contribution < -0.4 is 5.32 Å². The van der Waals surface area contributed by atoms with E-state index in [0.29, 0.717) is 11.3 Å². The predicted octanol–water partition coefficient (Wildman–Crippen LogP) is 3.66. The van der Waals surface area contributed by atoms with E-state index in [1.807, 2.05) is 6.07 Å². The van der Waals surface area contributed by atoms with Crippen molar-refractivity contribution in [1.82, 2.24) is 0 Å². The van der Waals surface area contributed by atoms with E-state index in [1.165, 1.54) is 18.2 Å². The number of phenolic OH excluding ortho intramolecular Hbond substituents is 1. The van der Waals surface area contributed by atoms with Crippen molar-refractivity contribution in [2.75, 3.05) is 5.32 Å². The summed E-state index contributed by atoms with van der Waals surface area (Å²) in [7, 11) is 0. The van der Waals surface area contributed by atoms with Gasteiger partial charge in [0.15, 0.2) is 0 Å². The molecule has 0 aliphatic heterocycles. The van der Waals surface area contributed by atoms with Gasteiger partial charge in [-0.3, -0.25) is 0 Å². The Morgan fingerprint density at radius 3 is 2.40 bits per heavy atom. The zero-order chi connectivity index (χ0) is 14.7. The minimum atomic E-state index is -0.891. The Balaban J connectivity index is 2.31. The van der Waals surface area contributed by atoms with Gasteiger partial charge in [-0.25, -0.2) is 8.78 Å². The molecule has 1 atom stereocenters. The van der Waals surface area contributed by atoms with Crippen LogP contribution in [0.2, 0.25) is 0 Å². The van der Waals surface area contributed by atoms with Gasteiger partial charge in [0.05, 0.1) is 6.07 Å². The Hall–Kier alpha value is -2.61. The number of halogens is 2. The Labute approximate surface area is 115 Å². The molecule has 0 aliphatic rings. The van der Waals surface area contributed by atoms with Crippen molar-refractivity contribution in [3.8, 4) is 11.8 Å². The highest BCUT2D eigenvalue weighted by Crippen LogP contribution is 2.24. The van der Waals surface area contributed by atoms with E-state index in [0.717, 1.165) is 12.1 Å². The van der Waals surface area contributed by atoms with Crippen molar-refractivity contribution in [2.24, 2.45) is 0 Å². The maximum Gasteiger partial charge on any atom is 0.140 e. The van der Waals surface area contributed by atoms with Gasteiger partial charge in [0.1, 0.15) is 23.4 Å². The zero-order valence-electron chi connectivity index (χ0n) is 10.7. The Morgan fingerprint density at radius 1 is 1.10 bits per heavy atom. The normalized spacial score (nSPS) is 11.7.